The van der Waals surface area contributed by atoms with E-state index in [-0.39, 0.29) is 12.5 Å². The molecule has 0 bridgehead atoms. The van der Waals surface area contributed by atoms with Crippen LogP contribution in [0.25, 0.3) is 10.9 Å². The summed E-state index contributed by atoms with van der Waals surface area (Å²) in [5.41, 5.74) is 2.87. The quantitative estimate of drug-likeness (QED) is 0.916. The topological polar surface area (TPSA) is 51.2 Å². The van der Waals surface area contributed by atoms with Crippen molar-refractivity contribution >= 4 is 16.8 Å². The third kappa shape index (κ3) is 3.02. The summed E-state index contributed by atoms with van der Waals surface area (Å²) >= 11 is 0. The second-order valence-electron chi connectivity index (χ2n) is 4.47. The molecule has 0 spiro atoms. The van der Waals surface area contributed by atoms with E-state index in [1.807, 2.05) is 45.0 Å². The van der Waals surface area contributed by atoms with Crippen LogP contribution in [0, 0.1) is 13.8 Å². The number of amides is 1. The van der Waals surface area contributed by atoms with Gasteiger partial charge in [-0.3, -0.25) is 9.78 Å². The molecule has 0 atom stereocenters. The molecule has 1 aromatic heterocycles. The third-order valence-corrected chi connectivity index (χ3v) is 2.87. The van der Waals surface area contributed by atoms with Gasteiger partial charge in [0.15, 0.2) is 6.61 Å². The van der Waals surface area contributed by atoms with E-state index in [9.17, 15) is 4.79 Å². The summed E-state index contributed by atoms with van der Waals surface area (Å²) in [6, 6.07) is 7.80. The van der Waals surface area contributed by atoms with Crippen LogP contribution in [0.4, 0.5) is 0 Å². The molecule has 0 fully saturated rings. The van der Waals surface area contributed by atoms with Gasteiger partial charge in [-0.15, -0.1) is 0 Å². The van der Waals surface area contributed by atoms with E-state index in [1.54, 1.807) is 0 Å². The second-order valence-corrected chi connectivity index (χ2v) is 4.47. The van der Waals surface area contributed by atoms with Crippen molar-refractivity contribution in [1.82, 2.24) is 10.3 Å². The van der Waals surface area contributed by atoms with E-state index in [2.05, 4.69) is 10.3 Å². The van der Waals surface area contributed by atoms with Crippen molar-refractivity contribution in [3.05, 3.63) is 35.5 Å². The Morgan fingerprint density at radius 3 is 2.89 bits per heavy atom. The third-order valence-electron chi connectivity index (χ3n) is 2.87. The number of rotatable bonds is 4. The molecule has 0 radical (unpaired) electrons. The average Bonchev–Trinajstić information content (AvgIpc) is 2.36. The molecule has 2 aromatic rings. The van der Waals surface area contributed by atoms with Crippen molar-refractivity contribution in [2.24, 2.45) is 0 Å². The largest absolute Gasteiger partial charge is 0.483 e. The maximum Gasteiger partial charge on any atom is 0.257 e. The molecule has 0 aliphatic carbocycles. The van der Waals surface area contributed by atoms with Crippen molar-refractivity contribution in [2.75, 3.05) is 13.2 Å². The van der Waals surface area contributed by atoms with Crippen molar-refractivity contribution in [1.29, 1.82) is 0 Å². The van der Waals surface area contributed by atoms with Gasteiger partial charge in [-0.05, 0) is 32.4 Å². The Hall–Kier alpha value is -2.10. The summed E-state index contributed by atoms with van der Waals surface area (Å²) in [6.45, 7) is 6.45. The zero-order chi connectivity index (χ0) is 13.8. The van der Waals surface area contributed by atoms with Gasteiger partial charge in [0, 0.05) is 23.7 Å². The number of benzene rings is 1. The molecule has 2 rings (SSSR count). The molecular formula is C15H18N2O2. The van der Waals surface area contributed by atoms with Crippen LogP contribution in [0.2, 0.25) is 0 Å². The van der Waals surface area contributed by atoms with Crippen molar-refractivity contribution in [2.45, 2.75) is 20.8 Å². The van der Waals surface area contributed by atoms with Gasteiger partial charge in [-0.1, -0.05) is 12.1 Å². The van der Waals surface area contributed by atoms with E-state index in [0.717, 1.165) is 22.2 Å². The monoisotopic (exact) mass is 258 g/mol. The molecule has 1 N–H and O–H groups in total. The number of nitrogens with zero attached hydrogens (tertiary/aromatic N) is 1. The molecular weight excluding hydrogens is 240 g/mol. The summed E-state index contributed by atoms with van der Waals surface area (Å²) in [5, 5.41) is 3.68. The molecule has 4 nitrogen and oxygen atoms in total. The molecule has 0 aliphatic heterocycles. The average molecular weight is 258 g/mol. The molecule has 100 valence electrons. The number of aryl methyl sites for hydroxylation is 2. The van der Waals surface area contributed by atoms with Crippen LogP contribution >= 0.6 is 0 Å². The summed E-state index contributed by atoms with van der Waals surface area (Å²) in [7, 11) is 0. The number of carbonyl (C=O) groups is 1. The van der Waals surface area contributed by atoms with Crippen LogP contribution < -0.4 is 10.1 Å². The zero-order valence-electron chi connectivity index (χ0n) is 11.5. The Balaban J connectivity index is 2.34. The molecule has 0 saturated carbocycles. The number of fused-ring (bicyclic) bond motifs is 1. The smallest absolute Gasteiger partial charge is 0.257 e. The Bertz CT molecular complexity index is 608. The fourth-order valence-electron chi connectivity index (χ4n) is 2.06. The highest BCUT2D eigenvalue weighted by atomic mass is 16.5. The van der Waals surface area contributed by atoms with E-state index in [0.29, 0.717) is 12.3 Å². The van der Waals surface area contributed by atoms with Gasteiger partial charge in [0.1, 0.15) is 5.75 Å². The standard InChI is InChI=1S/C15H18N2O2/c1-4-16-14(18)9-19-13-8-11(3)17-12-7-5-6-10(2)15(12)13/h5-8H,4,9H2,1-3H3,(H,16,18). The highest BCUT2D eigenvalue weighted by molar-refractivity contribution is 5.89. The maximum atomic E-state index is 11.5. The van der Waals surface area contributed by atoms with Gasteiger partial charge in [0.05, 0.1) is 5.52 Å². The lowest BCUT2D eigenvalue weighted by atomic mass is 10.1. The first kappa shape index (κ1) is 13.3. The number of aromatic nitrogens is 1. The van der Waals surface area contributed by atoms with E-state index in [4.69, 9.17) is 4.74 Å². The number of ether oxygens (including phenoxy) is 1. The predicted molar refractivity (Wildman–Crippen MR) is 75.4 cm³/mol. The van der Waals surface area contributed by atoms with Crippen LogP contribution in [0.5, 0.6) is 5.75 Å². The number of carbonyl (C=O) groups excluding carboxylic acids is 1. The second kappa shape index (κ2) is 5.69. The molecule has 19 heavy (non-hydrogen) atoms. The lowest BCUT2D eigenvalue weighted by molar-refractivity contribution is -0.122. The molecule has 1 amide bonds. The number of hydrogen-bond acceptors (Lipinski definition) is 3. The molecule has 0 unspecified atom stereocenters. The minimum atomic E-state index is -0.112. The van der Waals surface area contributed by atoms with Crippen LogP contribution in [0.3, 0.4) is 0 Å². The van der Waals surface area contributed by atoms with Gasteiger partial charge >= 0.3 is 0 Å². The first-order chi connectivity index (χ1) is 9.11. The van der Waals surface area contributed by atoms with Crippen molar-refractivity contribution < 1.29 is 9.53 Å². The Kier molecular flexibility index (Phi) is 4.00. The highest BCUT2D eigenvalue weighted by Gasteiger charge is 2.09. The predicted octanol–water partition coefficient (Wildman–Crippen LogP) is 2.37. The molecule has 0 aliphatic rings. The normalized spacial score (nSPS) is 10.5. The first-order valence-corrected chi connectivity index (χ1v) is 6.38. The lowest BCUT2D eigenvalue weighted by Crippen LogP contribution is -2.28. The summed E-state index contributed by atoms with van der Waals surface area (Å²) in [6.07, 6.45) is 0. The zero-order valence-corrected chi connectivity index (χ0v) is 11.5. The minimum Gasteiger partial charge on any atom is -0.483 e. The SMILES string of the molecule is CCNC(=O)COc1cc(C)nc2cccc(C)c12. The fraction of sp³-hybridized carbons (Fsp3) is 0.333. The van der Waals surface area contributed by atoms with E-state index in [1.165, 1.54) is 0 Å². The van der Waals surface area contributed by atoms with Gasteiger partial charge < -0.3 is 10.1 Å². The number of nitrogens with one attached hydrogen (secondary N) is 1. The van der Waals surface area contributed by atoms with Crippen LogP contribution in [0.15, 0.2) is 24.3 Å². The van der Waals surface area contributed by atoms with Crippen molar-refractivity contribution in [3.63, 3.8) is 0 Å². The maximum absolute atomic E-state index is 11.5. The number of pyridine rings is 1. The summed E-state index contributed by atoms with van der Waals surface area (Å²) in [4.78, 5) is 16.0. The summed E-state index contributed by atoms with van der Waals surface area (Å²) < 4.78 is 5.64. The van der Waals surface area contributed by atoms with Gasteiger partial charge in [0.25, 0.3) is 5.91 Å². The van der Waals surface area contributed by atoms with Gasteiger partial charge in [-0.25, -0.2) is 0 Å². The van der Waals surface area contributed by atoms with Crippen LogP contribution in [-0.4, -0.2) is 24.0 Å². The first-order valence-electron chi connectivity index (χ1n) is 6.38. The lowest BCUT2D eigenvalue weighted by Gasteiger charge is -2.11. The Morgan fingerprint density at radius 1 is 1.37 bits per heavy atom. The number of likely N-dealkylation sites (N-methyl/N-ethyl adjacent to an activating group) is 1. The Morgan fingerprint density at radius 2 is 2.16 bits per heavy atom. The Labute approximate surface area is 112 Å². The fourth-order valence-corrected chi connectivity index (χ4v) is 2.06. The van der Waals surface area contributed by atoms with E-state index < -0.39 is 0 Å². The molecule has 0 saturated heterocycles. The number of hydrogen-bond donors (Lipinski definition) is 1. The van der Waals surface area contributed by atoms with Crippen LogP contribution in [0.1, 0.15) is 18.2 Å². The molecule has 1 aromatic carbocycles. The van der Waals surface area contributed by atoms with Crippen LogP contribution in [-0.2, 0) is 4.79 Å². The van der Waals surface area contributed by atoms with E-state index >= 15 is 0 Å². The minimum absolute atomic E-state index is 0.0285. The summed E-state index contributed by atoms with van der Waals surface area (Å²) in [5.74, 6) is 0.602. The molecule has 1 heterocycles. The van der Waals surface area contributed by atoms with Gasteiger partial charge in [0.2, 0.25) is 0 Å². The highest BCUT2D eigenvalue weighted by Crippen LogP contribution is 2.28. The van der Waals surface area contributed by atoms with Crippen molar-refractivity contribution in [3.8, 4) is 5.75 Å². The molecule has 4 heteroatoms. The van der Waals surface area contributed by atoms with Gasteiger partial charge in [-0.2, -0.15) is 0 Å².